The van der Waals surface area contributed by atoms with E-state index in [1.165, 1.54) is 11.3 Å². The van der Waals surface area contributed by atoms with Gasteiger partial charge in [0.2, 0.25) is 0 Å². The molecule has 2 aromatic carbocycles. The molecule has 4 heteroatoms. The standard InChI is InChI=1S/C16H12O3S/c17-16(18)15-12(8-9-20-15)10-19-14-7-3-5-11-4-1-2-6-13(11)14/h1-9H,10H2,(H,17,18). The molecule has 3 nitrogen and oxygen atoms in total. The molecule has 0 saturated carbocycles. The number of aromatic carboxylic acids is 1. The largest absolute Gasteiger partial charge is 0.488 e. The number of fused-ring (bicyclic) bond motifs is 1. The second-order valence-electron chi connectivity index (χ2n) is 4.35. The van der Waals surface area contributed by atoms with E-state index in [-0.39, 0.29) is 6.61 Å². The fraction of sp³-hybridized carbons (Fsp3) is 0.0625. The molecule has 0 amide bonds. The van der Waals surface area contributed by atoms with E-state index < -0.39 is 5.97 Å². The van der Waals surface area contributed by atoms with E-state index in [1.54, 1.807) is 11.4 Å². The summed E-state index contributed by atoms with van der Waals surface area (Å²) in [5, 5.41) is 13.0. The molecule has 0 aliphatic heterocycles. The van der Waals surface area contributed by atoms with Crippen LogP contribution < -0.4 is 4.74 Å². The first-order valence-corrected chi connectivity index (χ1v) is 7.04. The summed E-state index contributed by atoms with van der Waals surface area (Å²) >= 11 is 1.22. The highest BCUT2D eigenvalue weighted by molar-refractivity contribution is 7.12. The Hall–Kier alpha value is -2.33. The van der Waals surface area contributed by atoms with Gasteiger partial charge in [-0.25, -0.2) is 4.79 Å². The van der Waals surface area contributed by atoms with Gasteiger partial charge in [0.15, 0.2) is 0 Å². The number of thiophene rings is 1. The molecule has 0 atom stereocenters. The molecule has 100 valence electrons. The number of benzene rings is 2. The van der Waals surface area contributed by atoms with Gasteiger partial charge in [-0.2, -0.15) is 0 Å². The molecular weight excluding hydrogens is 272 g/mol. The number of hydrogen-bond acceptors (Lipinski definition) is 3. The number of carbonyl (C=O) groups is 1. The van der Waals surface area contributed by atoms with Gasteiger partial charge in [0, 0.05) is 10.9 Å². The molecule has 3 rings (SSSR count). The first-order chi connectivity index (χ1) is 9.75. The normalized spacial score (nSPS) is 10.6. The van der Waals surface area contributed by atoms with Gasteiger partial charge in [0.05, 0.1) is 0 Å². The number of hydrogen-bond donors (Lipinski definition) is 1. The average molecular weight is 284 g/mol. The zero-order chi connectivity index (χ0) is 13.9. The van der Waals surface area contributed by atoms with Crippen molar-refractivity contribution in [1.29, 1.82) is 0 Å². The maximum absolute atomic E-state index is 11.1. The molecule has 20 heavy (non-hydrogen) atoms. The third kappa shape index (κ3) is 2.38. The number of carboxylic acid groups (broad SMARTS) is 1. The Morgan fingerprint density at radius 1 is 1.10 bits per heavy atom. The van der Waals surface area contributed by atoms with Crippen molar-refractivity contribution in [2.24, 2.45) is 0 Å². The van der Waals surface area contributed by atoms with Crippen molar-refractivity contribution < 1.29 is 14.6 Å². The molecule has 0 spiro atoms. The predicted molar refractivity (Wildman–Crippen MR) is 79.6 cm³/mol. The van der Waals surface area contributed by atoms with Gasteiger partial charge in [-0.05, 0) is 22.9 Å². The average Bonchev–Trinajstić information content (AvgIpc) is 2.93. The molecule has 0 radical (unpaired) electrons. The first-order valence-electron chi connectivity index (χ1n) is 6.16. The van der Waals surface area contributed by atoms with Gasteiger partial charge in [0.1, 0.15) is 17.2 Å². The monoisotopic (exact) mass is 284 g/mol. The summed E-state index contributed by atoms with van der Waals surface area (Å²) in [6.07, 6.45) is 0. The second-order valence-corrected chi connectivity index (χ2v) is 5.26. The maximum atomic E-state index is 11.1. The molecule has 0 aliphatic carbocycles. The molecule has 0 unspecified atom stereocenters. The van der Waals surface area contributed by atoms with Crippen molar-refractivity contribution in [3.63, 3.8) is 0 Å². The van der Waals surface area contributed by atoms with E-state index in [1.807, 2.05) is 42.5 Å². The Balaban J connectivity index is 1.87. The zero-order valence-corrected chi connectivity index (χ0v) is 11.4. The van der Waals surface area contributed by atoms with E-state index in [0.29, 0.717) is 10.4 Å². The topological polar surface area (TPSA) is 46.5 Å². The van der Waals surface area contributed by atoms with Crippen LogP contribution in [-0.2, 0) is 6.61 Å². The van der Waals surface area contributed by atoms with Gasteiger partial charge in [-0.15, -0.1) is 11.3 Å². The minimum atomic E-state index is -0.906. The Labute approximate surface area is 120 Å². The Morgan fingerprint density at radius 2 is 1.90 bits per heavy atom. The highest BCUT2D eigenvalue weighted by Gasteiger charge is 2.12. The smallest absolute Gasteiger partial charge is 0.346 e. The van der Waals surface area contributed by atoms with Crippen LogP contribution in [0, 0.1) is 0 Å². The summed E-state index contributed by atoms with van der Waals surface area (Å²) in [5.74, 6) is -0.137. The lowest BCUT2D eigenvalue weighted by Crippen LogP contribution is -2.01. The van der Waals surface area contributed by atoms with Crippen LogP contribution in [0.3, 0.4) is 0 Å². The number of carboxylic acids is 1. The van der Waals surface area contributed by atoms with Crippen LogP contribution in [0.25, 0.3) is 10.8 Å². The van der Waals surface area contributed by atoms with E-state index in [2.05, 4.69) is 0 Å². The highest BCUT2D eigenvalue weighted by atomic mass is 32.1. The van der Waals surface area contributed by atoms with Crippen LogP contribution in [0.15, 0.2) is 53.9 Å². The van der Waals surface area contributed by atoms with Crippen LogP contribution in [0.5, 0.6) is 5.75 Å². The summed E-state index contributed by atoms with van der Waals surface area (Å²) in [4.78, 5) is 11.4. The molecule has 1 aromatic heterocycles. The third-order valence-corrected chi connectivity index (χ3v) is 4.02. The molecule has 3 aromatic rings. The van der Waals surface area contributed by atoms with Gasteiger partial charge >= 0.3 is 5.97 Å². The van der Waals surface area contributed by atoms with Crippen LogP contribution in [-0.4, -0.2) is 11.1 Å². The van der Waals surface area contributed by atoms with Crippen molar-refractivity contribution >= 4 is 28.1 Å². The Bertz CT molecular complexity index is 756. The summed E-state index contributed by atoms with van der Waals surface area (Å²) < 4.78 is 5.80. The van der Waals surface area contributed by atoms with E-state index >= 15 is 0 Å². The van der Waals surface area contributed by atoms with Crippen molar-refractivity contribution in [3.8, 4) is 5.75 Å². The van der Waals surface area contributed by atoms with Crippen molar-refractivity contribution in [3.05, 3.63) is 64.4 Å². The third-order valence-electron chi connectivity index (χ3n) is 3.07. The molecule has 0 bridgehead atoms. The Morgan fingerprint density at radius 3 is 2.75 bits per heavy atom. The summed E-state index contributed by atoms with van der Waals surface area (Å²) in [6, 6.07) is 15.6. The lowest BCUT2D eigenvalue weighted by atomic mass is 10.1. The highest BCUT2D eigenvalue weighted by Crippen LogP contribution is 2.27. The van der Waals surface area contributed by atoms with E-state index in [4.69, 9.17) is 9.84 Å². The molecular formula is C16H12O3S. The van der Waals surface area contributed by atoms with Crippen LogP contribution in [0.1, 0.15) is 15.2 Å². The SMILES string of the molecule is O=C(O)c1sccc1COc1cccc2ccccc12. The van der Waals surface area contributed by atoms with Gasteiger partial charge in [-0.1, -0.05) is 36.4 Å². The summed E-state index contributed by atoms with van der Waals surface area (Å²) in [6.45, 7) is 0.263. The van der Waals surface area contributed by atoms with Crippen molar-refractivity contribution in [2.45, 2.75) is 6.61 Å². The quantitative estimate of drug-likeness (QED) is 0.781. The van der Waals surface area contributed by atoms with E-state index in [9.17, 15) is 4.79 Å². The Kier molecular flexibility index (Phi) is 3.39. The fourth-order valence-electron chi connectivity index (χ4n) is 2.11. The molecule has 0 saturated heterocycles. The summed E-state index contributed by atoms with van der Waals surface area (Å²) in [7, 11) is 0. The fourth-order valence-corrected chi connectivity index (χ4v) is 2.86. The predicted octanol–water partition coefficient (Wildman–Crippen LogP) is 4.18. The molecule has 1 N–H and O–H groups in total. The minimum Gasteiger partial charge on any atom is -0.488 e. The van der Waals surface area contributed by atoms with E-state index in [0.717, 1.165) is 16.5 Å². The second kappa shape index (κ2) is 5.35. The number of ether oxygens (including phenoxy) is 1. The van der Waals surface area contributed by atoms with Gasteiger partial charge in [0.25, 0.3) is 0 Å². The number of rotatable bonds is 4. The molecule has 1 heterocycles. The van der Waals surface area contributed by atoms with Crippen LogP contribution in [0.2, 0.25) is 0 Å². The summed E-state index contributed by atoms with van der Waals surface area (Å²) in [5.41, 5.74) is 0.704. The lowest BCUT2D eigenvalue weighted by molar-refractivity contribution is 0.0699. The van der Waals surface area contributed by atoms with Crippen LogP contribution >= 0.6 is 11.3 Å². The maximum Gasteiger partial charge on any atom is 0.346 e. The first kappa shape index (κ1) is 12.7. The van der Waals surface area contributed by atoms with Crippen molar-refractivity contribution in [1.82, 2.24) is 0 Å². The van der Waals surface area contributed by atoms with Gasteiger partial charge in [-0.3, -0.25) is 0 Å². The minimum absolute atomic E-state index is 0.263. The molecule has 0 aliphatic rings. The zero-order valence-electron chi connectivity index (χ0n) is 10.6. The lowest BCUT2D eigenvalue weighted by Gasteiger charge is -2.09. The van der Waals surface area contributed by atoms with Gasteiger partial charge < -0.3 is 9.84 Å². The molecule has 0 fully saturated rings. The van der Waals surface area contributed by atoms with Crippen LogP contribution in [0.4, 0.5) is 0 Å². The van der Waals surface area contributed by atoms with Crippen molar-refractivity contribution in [2.75, 3.05) is 0 Å².